The van der Waals surface area contributed by atoms with Crippen LogP contribution >= 0.6 is 0 Å². The van der Waals surface area contributed by atoms with E-state index in [4.69, 9.17) is 4.74 Å². The average Bonchev–Trinajstić information content (AvgIpc) is 2.41. The van der Waals surface area contributed by atoms with Gasteiger partial charge < -0.3 is 15.4 Å². The van der Waals surface area contributed by atoms with E-state index in [0.29, 0.717) is 18.9 Å². The lowest BCUT2D eigenvalue weighted by atomic mass is 10.1. The van der Waals surface area contributed by atoms with Crippen molar-refractivity contribution < 1.29 is 22.7 Å². The predicted octanol–water partition coefficient (Wildman–Crippen LogP) is 2.51. The second kappa shape index (κ2) is 7.14. The van der Waals surface area contributed by atoms with Gasteiger partial charge in [-0.25, -0.2) is 0 Å². The van der Waals surface area contributed by atoms with Gasteiger partial charge in [0.2, 0.25) is 0 Å². The van der Waals surface area contributed by atoms with Crippen molar-refractivity contribution in [3.63, 3.8) is 0 Å². The third-order valence-corrected chi connectivity index (χ3v) is 2.60. The molecule has 1 aromatic rings. The number of anilines is 1. The maximum absolute atomic E-state index is 12.6. The van der Waals surface area contributed by atoms with Gasteiger partial charge in [-0.3, -0.25) is 4.79 Å². The zero-order valence-electron chi connectivity index (χ0n) is 11.3. The van der Waals surface area contributed by atoms with Crippen LogP contribution in [0.2, 0.25) is 0 Å². The van der Waals surface area contributed by atoms with Gasteiger partial charge in [0.15, 0.2) is 0 Å². The second-order valence-corrected chi connectivity index (χ2v) is 3.96. The van der Waals surface area contributed by atoms with Crippen molar-refractivity contribution in [1.82, 2.24) is 5.32 Å². The Morgan fingerprint density at radius 2 is 2.05 bits per heavy atom. The van der Waals surface area contributed by atoms with Crippen LogP contribution in [0.25, 0.3) is 0 Å². The largest absolute Gasteiger partial charge is 0.416 e. The third kappa shape index (κ3) is 4.41. The molecule has 0 radical (unpaired) electrons. The Balaban J connectivity index is 2.88. The molecule has 0 bridgehead atoms. The van der Waals surface area contributed by atoms with E-state index in [-0.39, 0.29) is 12.1 Å². The predicted molar refractivity (Wildman–Crippen MR) is 69.8 cm³/mol. The van der Waals surface area contributed by atoms with Crippen molar-refractivity contribution in [1.29, 1.82) is 0 Å². The lowest BCUT2D eigenvalue weighted by Gasteiger charge is -2.13. The van der Waals surface area contributed by atoms with Gasteiger partial charge >= 0.3 is 6.18 Å². The van der Waals surface area contributed by atoms with Gasteiger partial charge in [-0.2, -0.15) is 13.2 Å². The number of ether oxygens (including phenoxy) is 1. The van der Waals surface area contributed by atoms with E-state index in [1.54, 1.807) is 7.05 Å². The topological polar surface area (TPSA) is 50.4 Å². The number of benzene rings is 1. The molecule has 0 aromatic heterocycles. The Morgan fingerprint density at radius 1 is 1.35 bits per heavy atom. The molecule has 0 saturated heterocycles. The van der Waals surface area contributed by atoms with Crippen LogP contribution in [0.1, 0.15) is 22.8 Å². The van der Waals surface area contributed by atoms with Gasteiger partial charge in [-0.15, -0.1) is 0 Å². The molecule has 7 heteroatoms. The quantitative estimate of drug-likeness (QED) is 0.792. The second-order valence-electron chi connectivity index (χ2n) is 3.96. The zero-order chi connectivity index (χ0) is 15.2. The molecular formula is C13H17F3N2O2. The summed E-state index contributed by atoms with van der Waals surface area (Å²) in [7, 11) is 1.54. The smallest absolute Gasteiger partial charge is 0.387 e. The van der Waals surface area contributed by atoms with E-state index < -0.39 is 17.6 Å². The lowest BCUT2D eigenvalue weighted by Crippen LogP contribution is -2.28. The first-order valence-electron chi connectivity index (χ1n) is 6.15. The van der Waals surface area contributed by atoms with Crippen LogP contribution in [0.3, 0.4) is 0 Å². The van der Waals surface area contributed by atoms with Crippen LogP contribution in [0.5, 0.6) is 0 Å². The summed E-state index contributed by atoms with van der Waals surface area (Å²) in [5.74, 6) is -0.569. The molecule has 0 heterocycles. The number of hydrogen-bond acceptors (Lipinski definition) is 3. The highest BCUT2D eigenvalue weighted by molar-refractivity contribution is 5.99. The van der Waals surface area contributed by atoms with Gasteiger partial charge in [0.1, 0.15) is 0 Å². The highest BCUT2D eigenvalue weighted by Gasteiger charge is 2.31. The van der Waals surface area contributed by atoms with Crippen molar-refractivity contribution >= 4 is 11.6 Å². The van der Waals surface area contributed by atoms with E-state index in [0.717, 1.165) is 12.1 Å². The van der Waals surface area contributed by atoms with Crippen LogP contribution in [0, 0.1) is 0 Å². The minimum atomic E-state index is -4.48. The Bertz CT molecular complexity index is 461. The summed E-state index contributed by atoms with van der Waals surface area (Å²) in [5.41, 5.74) is -0.558. The fourth-order valence-corrected chi connectivity index (χ4v) is 1.60. The van der Waals surface area contributed by atoms with E-state index >= 15 is 0 Å². The third-order valence-electron chi connectivity index (χ3n) is 2.60. The number of carbonyl (C=O) groups excluding carboxylic acids is 1. The summed E-state index contributed by atoms with van der Waals surface area (Å²) in [6.45, 7) is 2.89. The van der Waals surface area contributed by atoms with Crippen LogP contribution < -0.4 is 10.6 Å². The number of nitrogens with one attached hydrogen (secondary N) is 2. The van der Waals surface area contributed by atoms with Crippen molar-refractivity contribution in [3.8, 4) is 0 Å². The number of alkyl halides is 3. The van der Waals surface area contributed by atoms with Gasteiger partial charge in [0, 0.05) is 25.9 Å². The molecular weight excluding hydrogens is 273 g/mol. The molecule has 1 rings (SSSR count). The fraction of sp³-hybridized carbons (Fsp3) is 0.462. The molecule has 0 fully saturated rings. The maximum Gasteiger partial charge on any atom is 0.416 e. The Labute approximate surface area is 115 Å². The van der Waals surface area contributed by atoms with Gasteiger partial charge in [-0.1, -0.05) is 0 Å². The molecule has 112 valence electrons. The molecule has 0 saturated carbocycles. The summed E-state index contributed by atoms with van der Waals surface area (Å²) in [6, 6.07) is 3.00. The van der Waals surface area contributed by atoms with E-state index in [9.17, 15) is 18.0 Å². The number of amides is 1. The summed E-state index contributed by atoms with van der Waals surface area (Å²) >= 11 is 0. The van der Waals surface area contributed by atoms with E-state index in [2.05, 4.69) is 10.6 Å². The molecule has 1 aromatic carbocycles. The molecule has 20 heavy (non-hydrogen) atoms. The normalized spacial score (nSPS) is 11.2. The van der Waals surface area contributed by atoms with Crippen LogP contribution in [-0.2, 0) is 10.9 Å². The number of hydrogen-bond donors (Lipinski definition) is 2. The first-order chi connectivity index (χ1) is 9.40. The standard InChI is InChI=1S/C13H17F3N2O2/c1-3-20-7-6-18-12(19)10-8-9(13(14,15)16)4-5-11(10)17-2/h4-5,8,17H,3,6-7H2,1-2H3,(H,18,19). The van der Waals surface area contributed by atoms with Gasteiger partial charge in [0.25, 0.3) is 5.91 Å². The van der Waals surface area contributed by atoms with Crippen molar-refractivity contribution in [2.24, 2.45) is 0 Å². The Morgan fingerprint density at radius 3 is 2.60 bits per heavy atom. The monoisotopic (exact) mass is 290 g/mol. The molecule has 0 aliphatic heterocycles. The molecule has 0 aliphatic rings. The molecule has 1 amide bonds. The highest BCUT2D eigenvalue weighted by Crippen LogP contribution is 2.31. The van der Waals surface area contributed by atoms with Crippen molar-refractivity contribution in [2.45, 2.75) is 13.1 Å². The summed E-state index contributed by atoms with van der Waals surface area (Å²) in [6.07, 6.45) is -4.48. The minimum Gasteiger partial charge on any atom is -0.387 e. The minimum absolute atomic E-state index is 0.0428. The molecule has 4 nitrogen and oxygen atoms in total. The highest BCUT2D eigenvalue weighted by atomic mass is 19.4. The molecule has 0 spiro atoms. The van der Waals surface area contributed by atoms with E-state index in [1.165, 1.54) is 6.07 Å². The molecule has 0 unspecified atom stereocenters. The first kappa shape index (κ1) is 16.3. The molecule has 2 N–H and O–H groups in total. The zero-order valence-corrected chi connectivity index (χ0v) is 11.3. The number of carbonyl (C=O) groups is 1. The maximum atomic E-state index is 12.6. The summed E-state index contributed by atoms with van der Waals surface area (Å²) in [5, 5.41) is 5.21. The summed E-state index contributed by atoms with van der Waals surface area (Å²) < 4.78 is 43.0. The SMILES string of the molecule is CCOCCNC(=O)c1cc(C(F)(F)F)ccc1NC. The average molecular weight is 290 g/mol. The molecule has 0 atom stereocenters. The first-order valence-corrected chi connectivity index (χ1v) is 6.15. The Kier molecular flexibility index (Phi) is 5.82. The molecule has 0 aliphatic carbocycles. The van der Waals surface area contributed by atoms with Crippen molar-refractivity contribution in [2.75, 3.05) is 32.1 Å². The van der Waals surface area contributed by atoms with E-state index in [1.807, 2.05) is 6.92 Å². The lowest BCUT2D eigenvalue weighted by molar-refractivity contribution is -0.137. The van der Waals surface area contributed by atoms with Crippen LogP contribution in [0.4, 0.5) is 18.9 Å². The number of rotatable bonds is 6. The summed E-state index contributed by atoms with van der Waals surface area (Å²) in [4.78, 5) is 11.9. The van der Waals surface area contributed by atoms with Gasteiger partial charge in [-0.05, 0) is 25.1 Å². The van der Waals surface area contributed by atoms with Crippen molar-refractivity contribution in [3.05, 3.63) is 29.3 Å². The van der Waals surface area contributed by atoms with Gasteiger partial charge in [0.05, 0.1) is 17.7 Å². The van der Waals surface area contributed by atoms with Crippen LogP contribution in [-0.4, -0.2) is 32.7 Å². The van der Waals surface area contributed by atoms with Crippen LogP contribution in [0.15, 0.2) is 18.2 Å². The Hall–Kier alpha value is -1.76. The fourth-order valence-electron chi connectivity index (χ4n) is 1.60. The number of halogens is 3.